The van der Waals surface area contributed by atoms with Gasteiger partial charge < -0.3 is 14.1 Å². The van der Waals surface area contributed by atoms with E-state index in [4.69, 9.17) is 9.15 Å². The lowest BCUT2D eigenvalue weighted by Gasteiger charge is -2.34. The number of carbonyl (C=O) groups is 1. The van der Waals surface area contributed by atoms with Crippen molar-refractivity contribution in [2.45, 2.75) is 20.1 Å². The van der Waals surface area contributed by atoms with E-state index in [-0.39, 0.29) is 5.91 Å². The first-order chi connectivity index (χ1) is 14.2. The average molecular weight is 390 g/mol. The van der Waals surface area contributed by atoms with Crippen molar-refractivity contribution in [2.75, 3.05) is 26.2 Å². The van der Waals surface area contributed by atoms with Gasteiger partial charge in [0, 0.05) is 32.7 Å². The Hall–Kier alpha value is -3.05. The normalized spacial score (nSPS) is 14.7. The molecule has 4 rings (SSSR count). The van der Waals surface area contributed by atoms with Gasteiger partial charge in [0.2, 0.25) is 0 Å². The van der Waals surface area contributed by atoms with Gasteiger partial charge in [0.25, 0.3) is 5.91 Å². The van der Waals surface area contributed by atoms with E-state index < -0.39 is 0 Å². The van der Waals surface area contributed by atoms with Crippen molar-refractivity contribution < 1.29 is 13.9 Å². The molecule has 0 aliphatic carbocycles. The number of hydrogen-bond donors (Lipinski definition) is 0. The largest absolute Gasteiger partial charge is 0.486 e. The number of rotatable bonds is 6. The van der Waals surface area contributed by atoms with Crippen molar-refractivity contribution in [3.63, 3.8) is 0 Å². The fourth-order valence-corrected chi connectivity index (χ4v) is 3.53. The molecule has 150 valence electrons. The quantitative estimate of drug-likeness (QED) is 0.635. The van der Waals surface area contributed by atoms with Gasteiger partial charge in [-0.05, 0) is 42.3 Å². The number of para-hydroxylation sites is 1. The summed E-state index contributed by atoms with van der Waals surface area (Å²) in [5, 5.41) is 0. The van der Waals surface area contributed by atoms with Crippen molar-refractivity contribution in [1.29, 1.82) is 0 Å². The molecule has 2 heterocycles. The molecule has 5 heteroatoms. The summed E-state index contributed by atoms with van der Waals surface area (Å²) < 4.78 is 11.4. The summed E-state index contributed by atoms with van der Waals surface area (Å²) in [7, 11) is 0. The second-order valence-electron chi connectivity index (χ2n) is 7.36. The Labute approximate surface area is 171 Å². The molecular formula is C24H26N2O3. The van der Waals surface area contributed by atoms with Gasteiger partial charge in [-0.15, -0.1) is 0 Å². The van der Waals surface area contributed by atoms with E-state index in [1.807, 2.05) is 41.3 Å². The first-order valence-corrected chi connectivity index (χ1v) is 10.0. The zero-order chi connectivity index (χ0) is 20.1. The van der Waals surface area contributed by atoms with Crippen molar-refractivity contribution >= 4 is 5.91 Å². The van der Waals surface area contributed by atoms with Crippen LogP contribution in [-0.4, -0.2) is 41.9 Å². The van der Waals surface area contributed by atoms with Crippen molar-refractivity contribution in [2.24, 2.45) is 0 Å². The molecule has 1 aliphatic heterocycles. The van der Waals surface area contributed by atoms with Crippen LogP contribution < -0.4 is 4.74 Å². The molecule has 0 bridgehead atoms. The van der Waals surface area contributed by atoms with Crippen LogP contribution in [0.3, 0.4) is 0 Å². The highest BCUT2D eigenvalue weighted by Gasteiger charge is 2.24. The molecule has 0 saturated carbocycles. The molecule has 0 radical (unpaired) electrons. The van der Waals surface area contributed by atoms with Crippen LogP contribution in [-0.2, 0) is 13.2 Å². The van der Waals surface area contributed by atoms with Crippen LogP contribution in [0.25, 0.3) is 0 Å². The molecule has 0 atom stereocenters. The summed E-state index contributed by atoms with van der Waals surface area (Å²) in [6.07, 6.45) is 0. The molecule has 1 saturated heterocycles. The van der Waals surface area contributed by atoms with Crippen LogP contribution in [0.15, 0.2) is 71.1 Å². The molecule has 0 spiro atoms. The number of benzene rings is 2. The predicted molar refractivity (Wildman–Crippen MR) is 112 cm³/mol. The third kappa shape index (κ3) is 4.87. The number of carbonyl (C=O) groups excluding carboxylic acids is 1. The summed E-state index contributed by atoms with van der Waals surface area (Å²) in [6, 6.07) is 21.6. The highest BCUT2D eigenvalue weighted by molar-refractivity contribution is 5.91. The fraction of sp³-hybridized carbons (Fsp3) is 0.292. The molecule has 1 aliphatic rings. The molecule has 3 aromatic rings. The van der Waals surface area contributed by atoms with Crippen LogP contribution in [0, 0.1) is 6.92 Å². The Morgan fingerprint density at radius 3 is 2.41 bits per heavy atom. The lowest BCUT2D eigenvalue weighted by molar-refractivity contribution is 0.0594. The van der Waals surface area contributed by atoms with Gasteiger partial charge in [0.1, 0.15) is 18.1 Å². The van der Waals surface area contributed by atoms with Crippen LogP contribution in [0.2, 0.25) is 0 Å². The Balaban J connectivity index is 1.28. The Kier molecular flexibility index (Phi) is 5.96. The zero-order valence-corrected chi connectivity index (χ0v) is 16.7. The lowest BCUT2D eigenvalue weighted by Crippen LogP contribution is -2.48. The molecule has 2 aromatic carbocycles. The van der Waals surface area contributed by atoms with E-state index >= 15 is 0 Å². The standard InChI is InChI=1S/C24H26N2O3/c1-19-7-5-6-8-20(19)17-25-13-15-26(16-14-25)24(27)23-12-11-22(29-23)18-28-21-9-3-2-4-10-21/h2-12H,13-18H2,1H3. The Bertz CT molecular complexity index is 944. The van der Waals surface area contributed by atoms with E-state index in [1.54, 1.807) is 6.07 Å². The van der Waals surface area contributed by atoms with Crippen molar-refractivity contribution in [3.8, 4) is 5.75 Å². The maximum atomic E-state index is 12.8. The van der Waals surface area contributed by atoms with E-state index in [0.29, 0.717) is 31.2 Å². The van der Waals surface area contributed by atoms with Crippen LogP contribution in [0.4, 0.5) is 0 Å². The highest BCUT2D eigenvalue weighted by Crippen LogP contribution is 2.17. The molecule has 5 nitrogen and oxygen atoms in total. The van der Waals surface area contributed by atoms with Crippen LogP contribution >= 0.6 is 0 Å². The van der Waals surface area contributed by atoms with E-state index in [9.17, 15) is 4.79 Å². The maximum Gasteiger partial charge on any atom is 0.289 e. The maximum absolute atomic E-state index is 12.8. The van der Waals surface area contributed by atoms with Crippen LogP contribution in [0.1, 0.15) is 27.4 Å². The number of amides is 1. The third-order valence-electron chi connectivity index (χ3n) is 5.31. The van der Waals surface area contributed by atoms with E-state index in [1.165, 1.54) is 11.1 Å². The van der Waals surface area contributed by atoms with E-state index in [0.717, 1.165) is 25.4 Å². The second-order valence-corrected chi connectivity index (χ2v) is 7.36. The highest BCUT2D eigenvalue weighted by atomic mass is 16.5. The SMILES string of the molecule is Cc1ccccc1CN1CCN(C(=O)c2ccc(COc3ccccc3)o2)CC1. The van der Waals surface area contributed by atoms with Gasteiger partial charge in [-0.25, -0.2) is 0 Å². The minimum Gasteiger partial charge on any atom is -0.486 e. The van der Waals surface area contributed by atoms with Crippen LogP contribution in [0.5, 0.6) is 5.75 Å². The number of piperazine rings is 1. The molecule has 29 heavy (non-hydrogen) atoms. The number of nitrogens with zero attached hydrogens (tertiary/aromatic N) is 2. The van der Waals surface area contributed by atoms with E-state index in [2.05, 4.69) is 36.1 Å². The third-order valence-corrected chi connectivity index (χ3v) is 5.31. The number of aryl methyl sites for hydroxylation is 1. The van der Waals surface area contributed by atoms with Crippen molar-refractivity contribution in [1.82, 2.24) is 9.80 Å². The molecule has 0 unspecified atom stereocenters. The first kappa shape index (κ1) is 19.3. The van der Waals surface area contributed by atoms with Gasteiger partial charge >= 0.3 is 0 Å². The summed E-state index contributed by atoms with van der Waals surface area (Å²) >= 11 is 0. The smallest absolute Gasteiger partial charge is 0.289 e. The number of hydrogen-bond acceptors (Lipinski definition) is 4. The summed E-state index contributed by atoms with van der Waals surface area (Å²) in [5.41, 5.74) is 2.66. The summed E-state index contributed by atoms with van der Waals surface area (Å²) in [6.45, 7) is 6.53. The molecule has 1 aromatic heterocycles. The summed E-state index contributed by atoms with van der Waals surface area (Å²) in [4.78, 5) is 17.0. The Morgan fingerprint density at radius 2 is 1.66 bits per heavy atom. The van der Waals surface area contributed by atoms with Crippen molar-refractivity contribution in [3.05, 3.63) is 89.4 Å². The molecule has 1 fully saturated rings. The lowest BCUT2D eigenvalue weighted by atomic mass is 10.1. The fourth-order valence-electron chi connectivity index (χ4n) is 3.53. The van der Waals surface area contributed by atoms with Gasteiger partial charge in [-0.3, -0.25) is 9.69 Å². The van der Waals surface area contributed by atoms with Gasteiger partial charge in [0.15, 0.2) is 5.76 Å². The molecule has 1 amide bonds. The summed E-state index contributed by atoms with van der Waals surface area (Å²) in [5.74, 6) is 1.76. The van der Waals surface area contributed by atoms with Gasteiger partial charge in [-0.2, -0.15) is 0 Å². The second kappa shape index (κ2) is 8.97. The first-order valence-electron chi connectivity index (χ1n) is 10.0. The predicted octanol–water partition coefficient (Wildman–Crippen LogP) is 4.13. The van der Waals surface area contributed by atoms with Gasteiger partial charge in [0.05, 0.1) is 0 Å². The van der Waals surface area contributed by atoms with Gasteiger partial charge in [-0.1, -0.05) is 42.5 Å². The average Bonchev–Trinajstić information content (AvgIpc) is 3.24. The number of furan rings is 1. The minimum absolute atomic E-state index is 0.0495. The minimum atomic E-state index is -0.0495. The number of ether oxygens (including phenoxy) is 1. The Morgan fingerprint density at radius 1 is 0.931 bits per heavy atom. The molecule has 0 N–H and O–H groups in total. The monoisotopic (exact) mass is 390 g/mol. The molecular weight excluding hydrogens is 364 g/mol. The zero-order valence-electron chi connectivity index (χ0n) is 16.7. The topological polar surface area (TPSA) is 45.9 Å².